The van der Waals surface area contributed by atoms with Gasteiger partial charge in [-0.05, 0) is 41.6 Å². The minimum absolute atomic E-state index is 0.0150. The molecule has 3 rings (SSSR count). The summed E-state index contributed by atoms with van der Waals surface area (Å²) in [5, 5.41) is 11.9. The summed E-state index contributed by atoms with van der Waals surface area (Å²) in [6.45, 7) is 2.27. The molecule has 2 heterocycles. The van der Waals surface area contributed by atoms with Crippen LogP contribution in [0.25, 0.3) is 0 Å². The summed E-state index contributed by atoms with van der Waals surface area (Å²) in [6.07, 6.45) is 1.60. The average molecular weight is 343 g/mol. The average Bonchev–Trinajstić information content (AvgIpc) is 3.27. The van der Waals surface area contributed by atoms with Gasteiger partial charge in [-0.2, -0.15) is 0 Å². The molecule has 0 radical (unpaired) electrons. The number of rotatable bonds is 6. The molecule has 0 bridgehead atoms. The quantitative estimate of drug-likeness (QED) is 0.640. The van der Waals surface area contributed by atoms with Crippen LogP contribution in [-0.2, 0) is 11.3 Å². The minimum Gasteiger partial charge on any atom is -0.467 e. The molecule has 1 amide bonds. The molecule has 0 spiro atoms. The van der Waals surface area contributed by atoms with Crippen molar-refractivity contribution in [2.24, 2.45) is 0 Å². The Morgan fingerprint density at radius 3 is 2.79 bits per heavy atom. The SMILES string of the molecule is CC(Sc1nnnn1Cc1ccco1)C(=O)N(C)c1ccccc1. The fraction of sp³-hybridized carbons (Fsp3) is 0.250. The van der Waals surface area contributed by atoms with Crippen LogP contribution in [0.3, 0.4) is 0 Å². The van der Waals surface area contributed by atoms with E-state index in [9.17, 15) is 4.79 Å². The predicted molar refractivity (Wildman–Crippen MR) is 90.8 cm³/mol. The van der Waals surface area contributed by atoms with Gasteiger partial charge in [-0.1, -0.05) is 30.0 Å². The zero-order chi connectivity index (χ0) is 16.9. The van der Waals surface area contributed by atoms with Crippen molar-refractivity contribution in [3.05, 3.63) is 54.5 Å². The van der Waals surface area contributed by atoms with Crippen LogP contribution in [0.5, 0.6) is 0 Å². The molecular formula is C16H17N5O2S. The number of thioether (sulfide) groups is 1. The largest absolute Gasteiger partial charge is 0.467 e. The molecule has 7 nitrogen and oxygen atoms in total. The summed E-state index contributed by atoms with van der Waals surface area (Å²) in [6, 6.07) is 13.2. The van der Waals surface area contributed by atoms with Crippen molar-refractivity contribution in [3.8, 4) is 0 Å². The molecule has 0 aliphatic heterocycles. The van der Waals surface area contributed by atoms with Crippen molar-refractivity contribution in [2.75, 3.05) is 11.9 Å². The highest BCUT2D eigenvalue weighted by atomic mass is 32.2. The molecule has 0 saturated carbocycles. The number of nitrogens with zero attached hydrogens (tertiary/aromatic N) is 5. The van der Waals surface area contributed by atoms with E-state index in [1.54, 1.807) is 22.9 Å². The van der Waals surface area contributed by atoms with Crippen molar-refractivity contribution < 1.29 is 9.21 Å². The Bertz CT molecular complexity index is 788. The first-order valence-corrected chi connectivity index (χ1v) is 8.31. The van der Waals surface area contributed by atoms with E-state index in [2.05, 4.69) is 15.5 Å². The lowest BCUT2D eigenvalue weighted by Gasteiger charge is -2.20. The van der Waals surface area contributed by atoms with Gasteiger partial charge in [0.1, 0.15) is 12.3 Å². The van der Waals surface area contributed by atoms with Crippen LogP contribution >= 0.6 is 11.8 Å². The number of benzene rings is 1. The van der Waals surface area contributed by atoms with E-state index in [-0.39, 0.29) is 11.2 Å². The third-order valence-electron chi connectivity index (χ3n) is 3.49. The van der Waals surface area contributed by atoms with Gasteiger partial charge in [0.25, 0.3) is 0 Å². The van der Waals surface area contributed by atoms with Crippen molar-refractivity contribution in [1.29, 1.82) is 0 Å². The Morgan fingerprint density at radius 1 is 1.29 bits per heavy atom. The molecular weight excluding hydrogens is 326 g/mol. The van der Waals surface area contributed by atoms with E-state index in [0.717, 1.165) is 11.4 Å². The van der Waals surface area contributed by atoms with Crippen LogP contribution in [0.15, 0.2) is 58.3 Å². The second-order valence-electron chi connectivity index (χ2n) is 5.19. The van der Waals surface area contributed by atoms with E-state index in [1.807, 2.05) is 49.4 Å². The molecule has 24 heavy (non-hydrogen) atoms. The van der Waals surface area contributed by atoms with E-state index in [1.165, 1.54) is 11.8 Å². The summed E-state index contributed by atoms with van der Waals surface area (Å²) >= 11 is 1.32. The third kappa shape index (κ3) is 3.65. The topological polar surface area (TPSA) is 77.0 Å². The Morgan fingerprint density at radius 2 is 2.08 bits per heavy atom. The normalized spacial score (nSPS) is 12.1. The van der Waals surface area contributed by atoms with Crippen molar-refractivity contribution in [1.82, 2.24) is 20.2 Å². The summed E-state index contributed by atoms with van der Waals surface area (Å²) in [5.74, 6) is 0.739. The third-order valence-corrected chi connectivity index (χ3v) is 4.55. The van der Waals surface area contributed by atoms with Crippen molar-refractivity contribution in [2.45, 2.75) is 23.9 Å². The van der Waals surface area contributed by atoms with Gasteiger partial charge in [-0.25, -0.2) is 4.68 Å². The van der Waals surface area contributed by atoms with Crippen LogP contribution in [0, 0.1) is 0 Å². The standard InChI is InChI=1S/C16H17N5O2S/c1-12(15(22)20(2)13-7-4-3-5-8-13)24-16-17-18-19-21(16)11-14-9-6-10-23-14/h3-10,12H,11H2,1-2H3. The molecule has 0 N–H and O–H groups in total. The lowest BCUT2D eigenvalue weighted by Crippen LogP contribution is -2.33. The number of para-hydroxylation sites is 1. The van der Waals surface area contributed by atoms with Gasteiger partial charge in [0.2, 0.25) is 11.1 Å². The fourth-order valence-corrected chi connectivity index (χ4v) is 3.07. The number of hydrogen-bond donors (Lipinski definition) is 0. The number of aromatic nitrogens is 4. The maximum Gasteiger partial charge on any atom is 0.240 e. The zero-order valence-corrected chi connectivity index (χ0v) is 14.2. The maximum atomic E-state index is 12.6. The van der Waals surface area contributed by atoms with Gasteiger partial charge in [0, 0.05) is 12.7 Å². The summed E-state index contributed by atoms with van der Waals surface area (Å²) in [4.78, 5) is 14.2. The van der Waals surface area contributed by atoms with Gasteiger partial charge in [-0.3, -0.25) is 4.79 Å². The van der Waals surface area contributed by atoms with Gasteiger partial charge >= 0.3 is 0 Å². The van der Waals surface area contributed by atoms with Gasteiger partial charge in [-0.15, -0.1) is 5.10 Å². The second-order valence-corrected chi connectivity index (χ2v) is 6.50. The first-order valence-electron chi connectivity index (χ1n) is 7.43. The lowest BCUT2D eigenvalue weighted by atomic mass is 10.3. The monoisotopic (exact) mass is 343 g/mol. The zero-order valence-electron chi connectivity index (χ0n) is 13.4. The maximum absolute atomic E-state index is 12.6. The molecule has 0 aliphatic rings. The minimum atomic E-state index is -0.323. The highest BCUT2D eigenvalue weighted by molar-refractivity contribution is 8.00. The molecule has 1 aromatic carbocycles. The molecule has 124 valence electrons. The highest BCUT2D eigenvalue weighted by Gasteiger charge is 2.22. The summed E-state index contributed by atoms with van der Waals surface area (Å²) in [5.41, 5.74) is 0.852. The number of tetrazole rings is 1. The van der Waals surface area contributed by atoms with Crippen LogP contribution in [0.1, 0.15) is 12.7 Å². The lowest BCUT2D eigenvalue weighted by molar-refractivity contribution is -0.117. The Hall–Kier alpha value is -2.61. The van der Waals surface area contributed by atoms with Crippen molar-refractivity contribution in [3.63, 3.8) is 0 Å². The van der Waals surface area contributed by atoms with Crippen LogP contribution in [0.4, 0.5) is 5.69 Å². The molecule has 8 heteroatoms. The number of amides is 1. The number of carbonyl (C=O) groups excluding carboxylic acids is 1. The van der Waals surface area contributed by atoms with E-state index < -0.39 is 0 Å². The van der Waals surface area contributed by atoms with Crippen LogP contribution in [0.2, 0.25) is 0 Å². The molecule has 0 aliphatic carbocycles. The molecule has 1 atom stereocenters. The second kappa shape index (κ2) is 7.31. The Kier molecular flexibility index (Phi) is 4.95. The number of furan rings is 1. The smallest absolute Gasteiger partial charge is 0.240 e. The Labute approximate surface area is 143 Å². The Balaban J connectivity index is 1.67. The molecule has 0 fully saturated rings. The molecule has 0 saturated heterocycles. The van der Waals surface area contributed by atoms with E-state index in [4.69, 9.17) is 4.42 Å². The number of anilines is 1. The van der Waals surface area contributed by atoms with Crippen molar-refractivity contribution >= 4 is 23.4 Å². The highest BCUT2D eigenvalue weighted by Crippen LogP contribution is 2.24. The summed E-state index contributed by atoms with van der Waals surface area (Å²) < 4.78 is 6.93. The van der Waals surface area contributed by atoms with E-state index >= 15 is 0 Å². The van der Waals surface area contributed by atoms with Gasteiger partial charge in [0.15, 0.2) is 0 Å². The first-order chi connectivity index (χ1) is 11.6. The fourth-order valence-electron chi connectivity index (χ4n) is 2.19. The predicted octanol–water partition coefficient (Wildman–Crippen LogP) is 2.46. The molecule has 2 aromatic heterocycles. The van der Waals surface area contributed by atoms with Gasteiger partial charge in [0.05, 0.1) is 11.5 Å². The number of carbonyl (C=O) groups is 1. The first kappa shape index (κ1) is 16.3. The summed E-state index contributed by atoms with van der Waals surface area (Å²) in [7, 11) is 1.76. The van der Waals surface area contributed by atoms with E-state index in [0.29, 0.717) is 11.7 Å². The molecule has 3 aromatic rings. The van der Waals surface area contributed by atoms with Gasteiger partial charge < -0.3 is 9.32 Å². The van der Waals surface area contributed by atoms with Crippen LogP contribution in [-0.4, -0.2) is 38.4 Å². The number of hydrogen-bond acceptors (Lipinski definition) is 6. The molecule has 1 unspecified atom stereocenters. The van der Waals surface area contributed by atoms with Crippen LogP contribution < -0.4 is 4.90 Å².